The fourth-order valence-electron chi connectivity index (χ4n) is 2.41. The van der Waals surface area contributed by atoms with Crippen molar-refractivity contribution in [2.45, 2.75) is 59.0 Å². The molecule has 2 rings (SSSR count). The molecule has 0 aromatic heterocycles. The summed E-state index contributed by atoms with van der Waals surface area (Å²) in [6, 6.07) is 4.64. The van der Waals surface area contributed by atoms with E-state index in [9.17, 15) is 0 Å². The molecule has 1 heterocycles. The summed E-state index contributed by atoms with van der Waals surface area (Å²) in [5, 5.41) is 0. The topological polar surface area (TPSA) is 9.23 Å². The number of benzene rings is 1. The van der Waals surface area contributed by atoms with Crippen LogP contribution in [0.3, 0.4) is 0 Å². The number of ether oxygens (including phenoxy) is 1. The Hall–Kier alpha value is -0.980. The van der Waals surface area contributed by atoms with Crippen molar-refractivity contribution in [2.24, 2.45) is 0 Å². The minimum absolute atomic E-state index is 0.0259. The summed E-state index contributed by atoms with van der Waals surface area (Å²) < 4.78 is 6.05. The summed E-state index contributed by atoms with van der Waals surface area (Å²) in [4.78, 5) is 0. The maximum absolute atomic E-state index is 6.05. The summed E-state index contributed by atoms with van der Waals surface area (Å²) in [6.45, 7) is 11.0. The predicted molar refractivity (Wildman–Crippen MR) is 68.3 cm³/mol. The average Bonchev–Trinajstić information content (AvgIpc) is 2.49. The minimum atomic E-state index is -0.0259. The molecule has 1 aliphatic rings. The first-order valence-corrected chi connectivity index (χ1v) is 6.27. The van der Waals surface area contributed by atoms with Crippen LogP contribution in [0.2, 0.25) is 0 Å². The second kappa shape index (κ2) is 3.80. The second-order valence-corrected chi connectivity index (χ2v) is 5.72. The molecule has 0 bridgehead atoms. The summed E-state index contributed by atoms with van der Waals surface area (Å²) in [6.07, 6.45) is 2.09. The molecule has 1 aromatic carbocycles. The average molecular weight is 218 g/mol. The van der Waals surface area contributed by atoms with Crippen LogP contribution >= 0.6 is 0 Å². The molecule has 1 nitrogen and oxygen atoms in total. The van der Waals surface area contributed by atoms with Crippen LogP contribution in [-0.4, -0.2) is 5.60 Å². The van der Waals surface area contributed by atoms with Gasteiger partial charge in [-0.05, 0) is 42.9 Å². The first-order valence-electron chi connectivity index (χ1n) is 6.27. The van der Waals surface area contributed by atoms with E-state index >= 15 is 0 Å². The lowest BCUT2D eigenvalue weighted by Crippen LogP contribution is -2.24. The minimum Gasteiger partial charge on any atom is -0.487 e. The number of aryl methyl sites for hydroxylation is 1. The third kappa shape index (κ3) is 1.95. The zero-order valence-corrected chi connectivity index (χ0v) is 11.1. The van der Waals surface area contributed by atoms with Crippen molar-refractivity contribution in [1.82, 2.24) is 0 Å². The van der Waals surface area contributed by atoms with Crippen LogP contribution in [0.1, 0.15) is 57.2 Å². The molecular weight excluding hydrogens is 196 g/mol. The fourth-order valence-corrected chi connectivity index (χ4v) is 2.41. The van der Waals surface area contributed by atoms with Crippen LogP contribution in [0.25, 0.3) is 0 Å². The van der Waals surface area contributed by atoms with Gasteiger partial charge in [0.1, 0.15) is 11.4 Å². The van der Waals surface area contributed by atoms with E-state index in [1.165, 1.54) is 16.7 Å². The Bertz CT molecular complexity index is 402. The van der Waals surface area contributed by atoms with Crippen LogP contribution in [0.15, 0.2) is 12.1 Å². The molecule has 0 saturated carbocycles. The highest BCUT2D eigenvalue weighted by atomic mass is 16.5. The smallest absolute Gasteiger partial charge is 0.126 e. The van der Waals surface area contributed by atoms with Gasteiger partial charge in [-0.15, -0.1) is 0 Å². The number of fused-ring (bicyclic) bond motifs is 1. The molecule has 0 atom stereocenters. The van der Waals surface area contributed by atoms with Crippen LogP contribution in [0, 0.1) is 0 Å². The van der Waals surface area contributed by atoms with Gasteiger partial charge < -0.3 is 4.74 Å². The van der Waals surface area contributed by atoms with E-state index in [4.69, 9.17) is 4.74 Å². The molecule has 0 saturated heterocycles. The van der Waals surface area contributed by atoms with Crippen LogP contribution in [0.4, 0.5) is 0 Å². The van der Waals surface area contributed by atoms with E-state index in [2.05, 4.69) is 46.8 Å². The molecule has 16 heavy (non-hydrogen) atoms. The van der Waals surface area contributed by atoms with E-state index in [0.29, 0.717) is 5.92 Å². The highest BCUT2D eigenvalue weighted by molar-refractivity contribution is 5.49. The third-order valence-electron chi connectivity index (χ3n) is 3.31. The second-order valence-electron chi connectivity index (χ2n) is 5.72. The van der Waals surface area contributed by atoms with Gasteiger partial charge in [-0.2, -0.15) is 0 Å². The number of hydrogen-bond donors (Lipinski definition) is 0. The molecular formula is C15H22O. The molecule has 0 amide bonds. The molecule has 0 spiro atoms. The Kier molecular flexibility index (Phi) is 2.73. The van der Waals surface area contributed by atoms with E-state index in [1.807, 2.05) is 0 Å². The quantitative estimate of drug-likeness (QED) is 0.726. The third-order valence-corrected chi connectivity index (χ3v) is 3.31. The van der Waals surface area contributed by atoms with Gasteiger partial charge in [0.25, 0.3) is 0 Å². The number of hydrogen-bond acceptors (Lipinski definition) is 1. The van der Waals surface area contributed by atoms with E-state index in [0.717, 1.165) is 18.6 Å². The van der Waals surface area contributed by atoms with E-state index < -0.39 is 0 Å². The number of rotatable bonds is 2. The Labute approximate surface area is 98.8 Å². The molecule has 1 aromatic rings. The molecule has 1 aliphatic heterocycles. The van der Waals surface area contributed by atoms with Gasteiger partial charge in [-0.25, -0.2) is 0 Å². The Morgan fingerprint density at radius 1 is 1.31 bits per heavy atom. The predicted octanol–water partition coefficient (Wildman–Crippen LogP) is 4.09. The fraction of sp³-hybridized carbons (Fsp3) is 0.600. The van der Waals surface area contributed by atoms with Crippen molar-refractivity contribution < 1.29 is 4.74 Å². The maximum Gasteiger partial charge on any atom is 0.126 e. The molecule has 1 heteroatoms. The molecule has 0 radical (unpaired) electrons. The van der Waals surface area contributed by atoms with Gasteiger partial charge >= 0.3 is 0 Å². The van der Waals surface area contributed by atoms with Crippen molar-refractivity contribution in [1.29, 1.82) is 0 Å². The maximum atomic E-state index is 6.05. The zero-order valence-electron chi connectivity index (χ0n) is 11.1. The largest absolute Gasteiger partial charge is 0.487 e. The van der Waals surface area contributed by atoms with Crippen LogP contribution in [0.5, 0.6) is 5.75 Å². The first-order chi connectivity index (χ1) is 7.43. The Morgan fingerprint density at radius 3 is 2.56 bits per heavy atom. The van der Waals surface area contributed by atoms with Gasteiger partial charge in [0.2, 0.25) is 0 Å². The van der Waals surface area contributed by atoms with Crippen molar-refractivity contribution >= 4 is 0 Å². The molecule has 0 unspecified atom stereocenters. The highest BCUT2D eigenvalue weighted by Gasteiger charge is 2.31. The first kappa shape index (κ1) is 11.5. The van der Waals surface area contributed by atoms with E-state index in [-0.39, 0.29) is 5.60 Å². The highest BCUT2D eigenvalue weighted by Crippen LogP contribution is 2.39. The summed E-state index contributed by atoms with van der Waals surface area (Å²) in [5.41, 5.74) is 4.18. The lowest BCUT2D eigenvalue weighted by molar-refractivity contribution is 0.137. The van der Waals surface area contributed by atoms with Crippen molar-refractivity contribution in [2.75, 3.05) is 0 Å². The van der Waals surface area contributed by atoms with Gasteiger partial charge in [0, 0.05) is 6.42 Å². The molecule has 0 fully saturated rings. The van der Waals surface area contributed by atoms with Crippen LogP contribution < -0.4 is 4.74 Å². The monoisotopic (exact) mass is 218 g/mol. The molecule has 0 N–H and O–H groups in total. The van der Waals surface area contributed by atoms with Gasteiger partial charge in [0.05, 0.1) is 0 Å². The SMILES string of the molecule is CCc1cc(C(C)C)cc2c1OC(C)(C)C2. The van der Waals surface area contributed by atoms with Gasteiger partial charge in [-0.1, -0.05) is 32.9 Å². The zero-order chi connectivity index (χ0) is 11.9. The van der Waals surface area contributed by atoms with E-state index in [1.54, 1.807) is 0 Å². The van der Waals surface area contributed by atoms with Crippen LogP contribution in [-0.2, 0) is 12.8 Å². The lowest BCUT2D eigenvalue weighted by Gasteiger charge is -2.18. The van der Waals surface area contributed by atoms with Gasteiger partial charge in [-0.3, -0.25) is 0 Å². The Morgan fingerprint density at radius 2 is 2.00 bits per heavy atom. The normalized spacial score (nSPS) is 17.4. The standard InChI is InChI=1S/C15H22O/c1-6-11-7-12(10(2)3)8-13-9-15(4,5)16-14(11)13/h7-8,10H,6,9H2,1-5H3. The van der Waals surface area contributed by atoms with Crippen molar-refractivity contribution in [3.63, 3.8) is 0 Å². The lowest BCUT2D eigenvalue weighted by atomic mass is 9.93. The molecule has 0 aliphatic carbocycles. The molecule has 88 valence electrons. The summed E-state index contributed by atoms with van der Waals surface area (Å²) in [5.74, 6) is 1.75. The summed E-state index contributed by atoms with van der Waals surface area (Å²) >= 11 is 0. The van der Waals surface area contributed by atoms with Gasteiger partial charge in [0.15, 0.2) is 0 Å². The van der Waals surface area contributed by atoms with Crippen molar-refractivity contribution in [3.8, 4) is 5.75 Å². The van der Waals surface area contributed by atoms with Crippen molar-refractivity contribution in [3.05, 3.63) is 28.8 Å². The Balaban J connectivity index is 2.49. The summed E-state index contributed by atoms with van der Waals surface area (Å²) in [7, 11) is 0.